The van der Waals surface area contributed by atoms with Crippen molar-refractivity contribution in [1.82, 2.24) is 5.32 Å². The molecule has 0 spiro atoms. The van der Waals surface area contributed by atoms with Crippen molar-refractivity contribution in [1.29, 1.82) is 0 Å². The van der Waals surface area contributed by atoms with Crippen LogP contribution in [0.3, 0.4) is 0 Å². The molecule has 2 nitrogen and oxygen atoms in total. The second-order valence-corrected chi connectivity index (χ2v) is 4.62. The van der Waals surface area contributed by atoms with E-state index in [0.29, 0.717) is 18.5 Å². The Morgan fingerprint density at radius 3 is 2.17 bits per heavy atom. The van der Waals surface area contributed by atoms with Crippen LogP contribution in [-0.2, 0) is 12.6 Å². The molecule has 1 atom stereocenters. The molecule has 0 fully saturated rings. The molecule has 0 saturated carbocycles. The predicted octanol–water partition coefficient (Wildman–Crippen LogP) is 2.61. The first-order valence-corrected chi connectivity index (χ1v) is 5.86. The van der Waals surface area contributed by atoms with Crippen LogP contribution in [0, 0.1) is 0 Å². The lowest BCUT2D eigenvalue weighted by Crippen LogP contribution is -2.33. The van der Waals surface area contributed by atoms with Crippen molar-refractivity contribution in [3.63, 3.8) is 0 Å². The van der Waals surface area contributed by atoms with E-state index in [0.717, 1.165) is 12.1 Å². The van der Waals surface area contributed by atoms with Gasteiger partial charge in [0.15, 0.2) is 0 Å². The highest BCUT2D eigenvalue weighted by Gasteiger charge is 2.29. The molecule has 1 aromatic rings. The van der Waals surface area contributed by atoms with Crippen molar-refractivity contribution < 1.29 is 18.3 Å². The average molecular weight is 261 g/mol. The van der Waals surface area contributed by atoms with Crippen molar-refractivity contribution in [2.45, 2.75) is 38.6 Å². The first-order valence-electron chi connectivity index (χ1n) is 5.86. The highest BCUT2D eigenvalue weighted by atomic mass is 19.4. The number of rotatable bonds is 5. The molecule has 0 heterocycles. The third-order valence-electron chi connectivity index (χ3n) is 2.51. The number of hydrogen-bond donors (Lipinski definition) is 2. The molecule has 1 aromatic carbocycles. The predicted molar refractivity (Wildman–Crippen MR) is 64.3 cm³/mol. The van der Waals surface area contributed by atoms with E-state index in [-0.39, 0.29) is 6.04 Å². The van der Waals surface area contributed by atoms with Crippen molar-refractivity contribution in [2.24, 2.45) is 0 Å². The van der Waals surface area contributed by atoms with Gasteiger partial charge in [-0.05, 0) is 24.1 Å². The summed E-state index contributed by atoms with van der Waals surface area (Å²) in [7, 11) is 0. The maximum Gasteiger partial charge on any atom is 0.416 e. The summed E-state index contributed by atoms with van der Waals surface area (Å²) in [6, 6.07) is 5.16. The summed E-state index contributed by atoms with van der Waals surface area (Å²) in [4.78, 5) is 0. The lowest BCUT2D eigenvalue weighted by Gasteiger charge is -2.14. The summed E-state index contributed by atoms with van der Waals surface area (Å²) < 4.78 is 37.0. The van der Waals surface area contributed by atoms with E-state index < -0.39 is 17.8 Å². The zero-order chi connectivity index (χ0) is 13.8. The molecule has 0 radical (unpaired) electrons. The van der Waals surface area contributed by atoms with E-state index in [4.69, 9.17) is 0 Å². The summed E-state index contributed by atoms with van der Waals surface area (Å²) in [5, 5.41) is 12.8. The van der Waals surface area contributed by atoms with E-state index in [1.807, 2.05) is 13.8 Å². The van der Waals surface area contributed by atoms with Crippen LogP contribution >= 0.6 is 0 Å². The van der Waals surface area contributed by atoms with Gasteiger partial charge in [0.2, 0.25) is 0 Å². The highest BCUT2D eigenvalue weighted by molar-refractivity contribution is 5.25. The Hall–Kier alpha value is -1.07. The van der Waals surface area contributed by atoms with Crippen LogP contribution < -0.4 is 5.32 Å². The van der Waals surface area contributed by atoms with E-state index in [1.54, 1.807) is 0 Å². The van der Waals surface area contributed by atoms with Gasteiger partial charge in [-0.15, -0.1) is 0 Å². The van der Waals surface area contributed by atoms with Crippen LogP contribution in [0.1, 0.15) is 25.0 Å². The molecular formula is C13H18F3NO. The van der Waals surface area contributed by atoms with E-state index in [2.05, 4.69) is 5.32 Å². The maximum absolute atomic E-state index is 12.3. The Balaban J connectivity index is 2.53. The van der Waals surface area contributed by atoms with E-state index in [9.17, 15) is 18.3 Å². The maximum atomic E-state index is 12.3. The largest absolute Gasteiger partial charge is 0.416 e. The molecule has 2 N–H and O–H groups in total. The van der Waals surface area contributed by atoms with Crippen LogP contribution in [0.15, 0.2) is 24.3 Å². The summed E-state index contributed by atoms with van der Waals surface area (Å²) in [6.45, 7) is 4.36. The minimum absolute atomic E-state index is 0.271. The molecule has 0 bridgehead atoms. The second kappa shape index (κ2) is 6.20. The molecule has 0 aromatic heterocycles. The molecule has 1 rings (SSSR count). The minimum atomic E-state index is -4.31. The highest BCUT2D eigenvalue weighted by Crippen LogP contribution is 2.29. The fourth-order valence-corrected chi connectivity index (χ4v) is 1.55. The Morgan fingerprint density at radius 2 is 1.72 bits per heavy atom. The number of hydrogen-bond acceptors (Lipinski definition) is 2. The first kappa shape index (κ1) is 15.0. The van der Waals surface area contributed by atoms with Crippen LogP contribution in [0.25, 0.3) is 0 Å². The SMILES string of the molecule is CC(C)NCC(O)Cc1ccc(C(F)(F)F)cc1. The molecule has 0 aliphatic rings. The normalized spacial score (nSPS) is 13.9. The molecule has 5 heteroatoms. The smallest absolute Gasteiger partial charge is 0.391 e. The lowest BCUT2D eigenvalue weighted by molar-refractivity contribution is -0.137. The van der Waals surface area contributed by atoms with Crippen molar-refractivity contribution >= 4 is 0 Å². The van der Waals surface area contributed by atoms with Gasteiger partial charge in [0.1, 0.15) is 0 Å². The fourth-order valence-electron chi connectivity index (χ4n) is 1.55. The summed E-state index contributed by atoms with van der Waals surface area (Å²) in [5.74, 6) is 0. The Labute approximate surface area is 105 Å². The van der Waals surface area contributed by atoms with Gasteiger partial charge in [-0.25, -0.2) is 0 Å². The van der Waals surface area contributed by atoms with Gasteiger partial charge in [0.05, 0.1) is 11.7 Å². The van der Waals surface area contributed by atoms with E-state index >= 15 is 0 Å². The zero-order valence-electron chi connectivity index (χ0n) is 10.5. The molecule has 1 unspecified atom stereocenters. The van der Waals surface area contributed by atoms with E-state index in [1.165, 1.54) is 12.1 Å². The minimum Gasteiger partial charge on any atom is -0.391 e. The lowest BCUT2D eigenvalue weighted by atomic mass is 10.1. The van der Waals surface area contributed by atoms with Crippen molar-refractivity contribution in [2.75, 3.05) is 6.54 Å². The Kier molecular flexibility index (Phi) is 5.16. The van der Waals surface area contributed by atoms with Gasteiger partial charge in [-0.1, -0.05) is 26.0 Å². The van der Waals surface area contributed by atoms with Crippen molar-refractivity contribution in [3.8, 4) is 0 Å². The molecule has 0 saturated heterocycles. The quantitative estimate of drug-likeness (QED) is 0.854. The van der Waals surface area contributed by atoms with Gasteiger partial charge >= 0.3 is 6.18 Å². The standard InChI is InChI=1S/C13H18F3NO/c1-9(2)17-8-12(18)7-10-3-5-11(6-4-10)13(14,15)16/h3-6,9,12,17-18H,7-8H2,1-2H3. The van der Waals surface area contributed by atoms with Crippen LogP contribution in [0.2, 0.25) is 0 Å². The number of halogens is 3. The number of benzene rings is 1. The molecule has 18 heavy (non-hydrogen) atoms. The third-order valence-corrected chi connectivity index (χ3v) is 2.51. The van der Waals surface area contributed by atoms with Crippen LogP contribution in [0.4, 0.5) is 13.2 Å². The summed E-state index contributed by atoms with van der Waals surface area (Å²) in [5.41, 5.74) is 0.0297. The monoisotopic (exact) mass is 261 g/mol. The molecule has 102 valence electrons. The molecule has 0 amide bonds. The molecule has 0 aliphatic carbocycles. The molecule has 0 aliphatic heterocycles. The summed E-state index contributed by atoms with van der Waals surface area (Å²) in [6.07, 6.45) is -4.56. The Bertz CT molecular complexity index is 359. The van der Waals surface area contributed by atoms with Gasteiger partial charge in [0, 0.05) is 12.6 Å². The Morgan fingerprint density at radius 1 is 1.17 bits per heavy atom. The second-order valence-electron chi connectivity index (χ2n) is 4.62. The van der Waals surface area contributed by atoms with Crippen LogP contribution in [0.5, 0.6) is 0 Å². The van der Waals surface area contributed by atoms with Gasteiger partial charge in [0.25, 0.3) is 0 Å². The number of aliphatic hydroxyl groups excluding tert-OH is 1. The fraction of sp³-hybridized carbons (Fsp3) is 0.538. The van der Waals surface area contributed by atoms with Crippen molar-refractivity contribution in [3.05, 3.63) is 35.4 Å². The zero-order valence-corrected chi connectivity index (χ0v) is 10.5. The first-order chi connectivity index (χ1) is 8.29. The number of aliphatic hydroxyl groups is 1. The van der Waals surface area contributed by atoms with Gasteiger partial charge < -0.3 is 10.4 Å². The topological polar surface area (TPSA) is 32.3 Å². The molecular weight excluding hydrogens is 243 g/mol. The van der Waals surface area contributed by atoms with Gasteiger partial charge in [-0.2, -0.15) is 13.2 Å². The third kappa shape index (κ3) is 5.06. The van der Waals surface area contributed by atoms with Gasteiger partial charge in [-0.3, -0.25) is 0 Å². The average Bonchev–Trinajstić information content (AvgIpc) is 2.26. The van der Waals surface area contributed by atoms with Crippen LogP contribution in [-0.4, -0.2) is 23.8 Å². The number of nitrogens with one attached hydrogen (secondary N) is 1. The summed E-state index contributed by atoms with van der Waals surface area (Å²) >= 11 is 0. The number of alkyl halides is 3.